The number of ketones is 1. The van der Waals surface area contributed by atoms with Crippen molar-refractivity contribution in [2.24, 2.45) is 0 Å². The molecule has 0 aliphatic carbocycles. The largest absolute Gasteiger partial charge is 0.330 e. The summed E-state index contributed by atoms with van der Waals surface area (Å²) in [5, 5.41) is 16.2. The number of anilines is 1. The summed E-state index contributed by atoms with van der Waals surface area (Å²) in [6.45, 7) is 0. The second-order valence-electron chi connectivity index (χ2n) is 5.75. The molecule has 29 heavy (non-hydrogen) atoms. The molecule has 0 spiro atoms. The fourth-order valence-electron chi connectivity index (χ4n) is 2.23. The van der Waals surface area contributed by atoms with Crippen LogP contribution >= 0.6 is 58.0 Å². The molecule has 0 heterocycles. The first-order chi connectivity index (χ1) is 13.5. The number of nitrogens with one attached hydrogen (secondary N) is 2. The van der Waals surface area contributed by atoms with Gasteiger partial charge in [-0.1, -0.05) is 58.0 Å². The monoisotopic (exact) mass is 497 g/mol. The predicted molar refractivity (Wildman–Crippen MR) is 115 cm³/mol. The van der Waals surface area contributed by atoms with Crippen LogP contribution in [0, 0.1) is 10.1 Å². The van der Waals surface area contributed by atoms with Crippen molar-refractivity contribution < 1.29 is 14.5 Å². The van der Waals surface area contributed by atoms with Gasteiger partial charge in [0.05, 0.1) is 21.7 Å². The van der Waals surface area contributed by atoms with Gasteiger partial charge in [0.1, 0.15) is 0 Å². The second-order valence-corrected chi connectivity index (χ2v) is 8.96. The molecule has 2 rings (SSSR count). The summed E-state index contributed by atoms with van der Waals surface area (Å²) in [6, 6.07) is 7.41. The first kappa shape index (κ1) is 23.5. The molecule has 2 aromatic rings. The highest BCUT2D eigenvalue weighted by molar-refractivity contribution is 6.68. The number of halogens is 5. The summed E-state index contributed by atoms with van der Waals surface area (Å²) >= 11 is 29.5. The molecule has 154 valence electrons. The van der Waals surface area contributed by atoms with E-state index in [0.29, 0.717) is 5.02 Å². The number of benzene rings is 2. The lowest BCUT2D eigenvalue weighted by Gasteiger charge is -2.25. The van der Waals surface area contributed by atoms with E-state index in [0.717, 1.165) is 0 Å². The van der Waals surface area contributed by atoms with Crippen LogP contribution < -0.4 is 10.6 Å². The molecule has 2 aromatic carbocycles. The van der Waals surface area contributed by atoms with Crippen LogP contribution in [0.2, 0.25) is 10.0 Å². The number of carbonyl (C=O) groups is 2. The molecule has 12 heteroatoms. The number of nitro groups is 1. The topological polar surface area (TPSA) is 101 Å². The third-order valence-electron chi connectivity index (χ3n) is 3.67. The fourth-order valence-corrected chi connectivity index (χ4v) is 3.08. The predicted octanol–water partition coefficient (Wildman–Crippen LogP) is 6.03. The van der Waals surface area contributed by atoms with Crippen molar-refractivity contribution in [1.82, 2.24) is 5.32 Å². The number of nitro benzene ring substituents is 1. The van der Waals surface area contributed by atoms with Crippen LogP contribution in [0.25, 0.3) is 0 Å². The van der Waals surface area contributed by atoms with E-state index in [-0.39, 0.29) is 28.4 Å². The van der Waals surface area contributed by atoms with Gasteiger partial charge in [-0.15, -0.1) is 0 Å². The van der Waals surface area contributed by atoms with Gasteiger partial charge >= 0.3 is 6.03 Å². The number of carbonyl (C=O) groups excluding carboxylic acids is 2. The van der Waals surface area contributed by atoms with Gasteiger partial charge in [0.25, 0.3) is 5.69 Å². The molecular formula is C17H12Cl5N3O4. The Bertz CT molecular complexity index is 932. The highest BCUT2D eigenvalue weighted by Gasteiger charge is 2.36. The highest BCUT2D eigenvalue weighted by atomic mass is 35.6. The molecule has 0 saturated heterocycles. The zero-order valence-electron chi connectivity index (χ0n) is 14.3. The molecule has 1 atom stereocenters. The van der Waals surface area contributed by atoms with E-state index in [1.54, 1.807) is 0 Å². The smallest absolute Gasteiger partial charge is 0.319 e. The number of hydrogen-bond acceptors (Lipinski definition) is 4. The van der Waals surface area contributed by atoms with Crippen LogP contribution in [0.4, 0.5) is 16.2 Å². The lowest BCUT2D eigenvalue weighted by atomic mass is 10.0. The van der Waals surface area contributed by atoms with Crippen molar-refractivity contribution >= 4 is 81.2 Å². The lowest BCUT2D eigenvalue weighted by molar-refractivity contribution is -0.384. The zero-order valence-corrected chi connectivity index (χ0v) is 18.1. The Kier molecular flexibility index (Phi) is 7.96. The average Bonchev–Trinajstić information content (AvgIpc) is 2.62. The van der Waals surface area contributed by atoms with Crippen molar-refractivity contribution in [3.63, 3.8) is 0 Å². The zero-order chi connectivity index (χ0) is 21.8. The van der Waals surface area contributed by atoms with Crippen molar-refractivity contribution in [3.8, 4) is 0 Å². The SMILES string of the molecule is O=C(Nc1ccc(Cl)cc1Cl)N[C@@H](CC(=O)c1ccc([N+](=O)[O-])cc1)C(Cl)(Cl)Cl. The Morgan fingerprint density at radius 1 is 1.07 bits per heavy atom. The first-order valence-corrected chi connectivity index (χ1v) is 9.73. The van der Waals surface area contributed by atoms with Crippen LogP contribution in [0.5, 0.6) is 0 Å². The first-order valence-electron chi connectivity index (χ1n) is 7.84. The fraction of sp³-hybridized carbons (Fsp3) is 0.176. The molecule has 0 bridgehead atoms. The number of nitrogens with zero attached hydrogens (tertiary/aromatic N) is 1. The molecular weight excluding hydrogens is 487 g/mol. The summed E-state index contributed by atoms with van der Waals surface area (Å²) in [6.07, 6.45) is -0.365. The number of amides is 2. The summed E-state index contributed by atoms with van der Waals surface area (Å²) < 4.78 is -2.00. The highest BCUT2D eigenvalue weighted by Crippen LogP contribution is 2.33. The Hall–Kier alpha value is -1.77. The number of Topliss-reactive ketones (excluding diaryl/α,β-unsaturated/α-hetero) is 1. The quantitative estimate of drug-likeness (QED) is 0.219. The summed E-state index contributed by atoms with van der Waals surface area (Å²) in [5.74, 6) is -0.485. The van der Waals surface area contributed by atoms with E-state index in [4.69, 9.17) is 58.0 Å². The van der Waals surface area contributed by atoms with Crippen molar-refractivity contribution in [2.75, 3.05) is 5.32 Å². The van der Waals surface area contributed by atoms with Gasteiger partial charge in [-0.25, -0.2) is 4.79 Å². The van der Waals surface area contributed by atoms with Gasteiger partial charge in [0, 0.05) is 29.1 Å². The molecule has 0 aromatic heterocycles. The maximum atomic E-state index is 12.5. The third-order valence-corrected chi connectivity index (χ3v) is 5.01. The van der Waals surface area contributed by atoms with Crippen LogP contribution in [-0.4, -0.2) is 26.6 Å². The number of non-ortho nitro benzene ring substituents is 1. The summed E-state index contributed by atoms with van der Waals surface area (Å²) in [5.41, 5.74) is 0.257. The van der Waals surface area contributed by atoms with Crippen LogP contribution in [0.15, 0.2) is 42.5 Å². The van der Waals surface area contributed by atoms with Crippen molar-refractivity contribution in [3.05, 3.63) is 68.2 Å². The van der Waals surface area contributed by atoms with E-state index in [9.17, 15) is 19.7 Å². The van der Waals surface area contributed by atoms with Gasteiger partial charge < -0.3 is 10.6 Å². The summed E-state index contributed by atoms with van der Waals surface area (Å²) in [4.78, 5) is 34.8. The minimum Gasteiger partial charge on any atom is -0.330 e. The molecule has 2 N–H and O–H groups in total. The molecule has 7 nitrogen and oxygen atoms in total. The third kappa shape index (κ3) is 6.90. The number of rotatable bonds is 6. The van der Waals surface area contributed by atoms with Gasteiger partial charge in [-0.05, 0) is 30.3 Å². The van der Waals surface area contributed by atoms with Crippen molar-refractivity contribution in [2.45, 2.75) is 16.3 Å². The number of hydrogen-bond donors (Lipinski definition) is 2. The number of alkyl halides is 3. The molecule has 2 amide bonds. The maximum absolute atomic E-state index is 12.5. The van der Waals surface area contributed by atoms with Crippen LogP contribution in [-0.2, 0) is 0 Å². The van der Waals surface area contributed by atoms with Gasteiger partial charge in [0.2, 0.25) is 3.79 Å². The van der Waals surface area contributed by atoms with Crippen molar-refractivity contribution in [1.29, 1.82) is 0 Å². The van der Waals surface area contributed by atoms with Gasteiger partial charge in [-0.2, -0.15) is 0 Å². The van der Waals surface area contributed by atoms with E-state index in [2.05, 4.69) is 10.6 Å². The Labute approximate surface area is 190 Å². The Morgan fingerprint density at radius 2 is 1.69 bits per heavy atom. The number of urea groups is 1. The minimum absolute atomic E-state index is 0.165. The maximum Gasteiger partial charge on any atom is 0.319 e. The summed E-state index contributed by atoms with van der Waals surface area (Å²) in [7, 11) is 0. The molecule has 0 unspecified atom stereocenters. The van der Waals surface area contributed by atoms with Crippen LogP contribution in [0.3, 0.4) is 0 Å². The average molecular weight is 500 g/mol. The Balaban J connectivity index is 2.09. The minimum atomic E-state index is -2.00. The molecule has 0 aliphatic heterocycles. The van der Waals surface area contributed by atoms with Crippen LogP contribution in [0.1, 0.15) is 16.8 Å². The van der Waals surface area contributed by atoms with Gasteiger partial charge in [0.15, 0.2) is 5.78 Å². The molecule has 0 radical (unpaired) electrons. The standard InChI is InChI=1S/C17H12Cl5N3O4/c18-10-3-6-13(12(19)7-10)23-16(27)24-15(17(20,21)22)8-14(26)9-1-4-11(5-2-9)25(28)29/h1-7,15H,8H2,(H2,23,24,27)/t15-/m0/s1. The normalized spacial score (nSPS) is 12.2. The second kappa shape index (κ2) is 9.82. The van der Waals surface area contributed by atoms with E-state index < -0.39 is 26.6 Å². The van der Waals surface area contributed by atoms with E-state index in [1.165, 1.54) is 42.5 Å². The van der Waals surface area contributed by atoms with Gasteiger partial charge in [-0.3, -0.25) is 14.9 Å². The van der Waals surface area contributed by atoms with E-state index >= 15 is 0 Å². The molecule has 0 fully saturated rings. The molecule has 0 aliphatic rings. The van der Waals surface area contributed by atoms with E-state index in [1.807, 2.05) is 0 Å². The lowest BCUT2D eigenvalue weighted by Crippen LogP contribution is -2.46. The Morgan fingerprint density at radius 3 is 2.21 bits per heavy atom. The molecule has 0 saturated carbocycles.